The number of nitrogens with one attached hydrogen (secondary N) is 1. The van der Waals surface area contributed by atoms with Crippen LogP contribution in [0.5, 0.6) is 0 Å². The van der Waals surface area contributed by atoms with Crippen LogP contribution in [0.1, 0.15) is 22.7 Å². The van der Waals surface area contributed by atoms with Crippen molar-refractivity contribution in [2.24, 2.45) is 5.84 Å². The van der Waals surface area contributed by atoms with E-state index in [9.17, 15) is 4.39 Å². The molecule has 0 amide bonds. The van der Waals surface area contributed by atoms with Crippen LogP contribution in [0.25, 0.3) is 0 Å². The molecular formula is C15H15BrClFN2. The van der Waals surface area contributed by atoms with Crippen molar-refractivity contribution in [3.05, 3.63) is 68.4 Å². The zero-order valence-corrected chi connectivity index (χ0v) is 13.3. The number of rotatable bonds is 4. The summed E-state index contributed by atoms with van der Waals surface area (Å²) >= 11 is 9.28. The number of benzene rings is 2. The molecule has 5 heteroatoms. The van der Waals surface area contributed by atoms with Gasteiger partial charge >= 0.3 is 0 Å². The van der Waals surface area contributed by atoms with Gasteiger partial charge in [0, 0.05) is 9.50 Å². The van der Waals surface area contributed by atoms with Crippen molar-refractivity contribution in [2.45, 2.75) is 19.4 Å². The van der Waals surface area contributed by atoms with Gasteiger partial charge in [0.1, 0.15) is 5.82 Å². The monoisotopic (exact) mass is 356 g/mol. The molecule has 0 saturated heterocycles. The SMILES string of the molecule is Cc1ccc(C(Cc2ccc(Cl)cc2F)NN)c(Br)c1. The molecule has 2 rings (SSSR count). The molecule has 0 radical (unpaired) electrons. The van der Waals surface area contributed by atoms with Crippen molar-refractivity contribution in [3.63, 3.8) is 0 Å². The Labute approximate surface area is 131 Å². The predicted molar refractivity (Wildman–Crippen MR) is 84.1 cm³/mol. The third kappa shape index (κ3) is 3.58. The van der Waals surface area contributed by atoms with E-state index >= 15 is 0 Å². The quantitative estimate of drug-likeness (QED) is 0.632. The molecule has 0 aliphatic rings. The van der Waals surface area contributed by atoms with Crippen LogP contribution in [0.3, 0.4) is 0 Å². The highest BCUT2D eigenvalue weighted by Crippen LogP contribution is 2.28. The van der Waals surface area contributed by atoms with Gasteiger partial charge in [0.15, 0.2) is 0 Å². The third-order valence-corrected chi connectivity index (χ3v) is 4.09. The highest BCUT2D eigenvalue weighted by Gasteiger charge is 2.16. The summed E-state index contributed by atoms with van der Waals surface area (Å²) in [6.45, 7) is 2.01. The van der Waals surface area contributed by atoms with Crippen LogP contribution < -0.4 is 11.3 Å². The van der Waals surface area contributed by atoms with Gasteiger partial charge in [-0.2, -0.15) is 0 Å². The number of aryl methyl sites for hydroxylation is 1. The molecule has 0 fully saturated rings. The minimum absolute atomic E-state index is 0.180. The van der Waals surface area contributed by atoms with E-state index in [2.05, 4.69) is 21.4 Å². The fourth-order valence-electron chi connectivity index (χ4n) is 2.08. The summed E-state index contributed by atoms with van der Waals surface area (Å²) in [5.41, 5.74) is 5.45. The Morgan fingerprint density at radius 3 is 2.65 bits per heavy atom. The van der Waals surface area contributed by atoms with Gasteiger partial charge in [0.05, 0.1) is 6.04 Å². The molecule has 0 spiro atoms. The van der Waals surface area contributed by atoms with Crippen molar-refractivity contribution in [3.8, 4) is 0 Å². The van der Waals surface area contributed by atoms with Gasteiger partial charge < -0.3 is 0 Å². The lowest BCUT2D eigenvalue weighted by atomic mass is 9.98. The second-order valence-electron chi connectivity index (χ2n) is 4.68. The zero-order chi connectivity index (χ0) is 14.7. The first-order valence-electron chi connectivity index (χ1n) is 6.17. The number of halogens is 3. The summed E-state index contributed by atoms with van der Waals surface area (Å²) in [6.07, 6.45) is 0.446. The van der Waals surface area contributed by atoms with E-state index in [1.165, 1.54) is 6.07 Å². The first-order chi connectivity index (χ1) is 9.51. The number of hydrogen-bond acceptors (Lipinski definition) is 2. The van der Waals surface area contributed by atoms with Gasteiger partial charge in [-0.1, -0.05) is 45.7 Å². The average molecular weight is 358 g/mol. The zero-order valence-electron chi connectivity index (χ0n) is 11.0. The molecule has 3 N–H and O–H groups in total. The second-order valence-corrected chi connectivity index (χ2v) is 5.97. The Morgan fingerprint density at radius 1 is 1.30 bits per heavy atom. The standard InChI is InChI=1S/C15H15BrClFN2/c1-9-2-5-12(13(16)6-9)15(20-19)7-10-3-4-11(17)8-14(10)18/h2-6,8,15,20H,7,19H2,1H3. The fourth-order valence-corrected chi connectivity index (χ4v) is 3.01. The highest BCUT2D eigenvalue weighted by atomic mass is 79.9. The van der Waals surface area contributed by atoms with Gasteiger partial charge in [-0.05, 0) is 48.2 Å². The van der Waals surface area contributed by atoms with Crippen molar-refractivity contribution in [1.82, 2.24) is 5.43 Å². The van der Waals surface area contributed by atoms with Crippen LogP contribution in [0.2, 0.25) is 5.02 Å². The lowest BCUT2D eigenvalue weighted by Crippen LogP contribution is -2.30. The maximum atomic E-state index is 13.9. The van der Waals surface area contributed by atoms with Gasteiger partial charge in [0.2, 0.25) is 0 Å². The summed E-state index contributed by atoms with van der Waals surface area (Å²) in [5.74, 6) is 5.30. The average Bonchev–Trinajstić information content (AvgIpc) is 2.39. The van der Waals surface area contributed by atoms with Crippen molar-refractivity contribution >= 4 is 27.5 Å². The van der Waals surface area contributed by atoms with E-state index in [-0.39, 0.29) is 11.9 Å². The molecule has 20 heavy (non-hydrogen) atoms. The Kier molecular flexibility index (Phi) is 5.16. The number of nitrogens with two attached hydrogens (primary N) is 1. The van der Waals surface area contributed by atoms with Crippen LogP contribution in [0, 0.1) is 12.7 Å². The summed E-state index contributed by atoms with van der Waals surface area (Å²) in [4.78, 5) is 0. The van der Waals surface area contributed by atoms with Gasteiger partial charge in [-0.15, -0.1) is 0 Å². The Hall–Kier alpha value is -0.940. The van der Waals surface area contributed by atoms with E-state index in [1.54, 1.807) is 12.1 Å². The lowest BCUT2D eigenvalue weighted by molar-refractivity contribution is 0.527. The lowest BCUT2D eigenvalue weighted by Gasteiger charge is -2.19. The Morgan fingerprint density at radius 2 is 2.05 bits per heavy atom. The topological polar surface area (TPSA) is 38.0 Å². The van der Waals surface area contributed by atoms with E-state index in [4.69, 9.17) is 17.4 Å². The van der Waals surface area contributed by atoms with Gasteiger partial charge in [-0.3, -0.25) is 11.3 Å². The molecule has 106 valence electrons. The Balaban J connectivity index is 2.28. The molecule has 0 saturated carbocycles. The summed E-state index contributed by atoms with van der Waals surface area (Å²) in [5, 5.41) is 0.389. The molecule has 1 unspecified atom stereocenters. The molecule has 2 aromatic carbocycles. The van der Waals surface area contributed by atoms with Crippen LogP contribution in [0.4, 0.5) is 4.39 Å². The first-order valence-corrected chi connectivity index (χ1v) is 7.34. The molecule has 2 nitrogen and oxygen atoms in total. The van der Waals surface area contributed by atoms with Crippen LogP contribution >= 0.6 is 27.5 Å². The Bertz CT molecular complexity index is 619. The maximum absolute atomic E-state index is 13.9. The van der Waals surface area contributed by atoms with Gasteiger partial charge in [0.25, 0.3) is 0 Å². The molecule has 0 aromatic heterocycles. The molecule has 0 bridgehead atoms. The van der Waals surface area contributed by atoms with Crippen molar-refractivity contribution in [1.29, 1.82) is 0 Å². The summed E-state index contributed by atoms with van der Waals surface area (Å²) < 4.78 is 14.8. The first kappa shape index (κ1) is 15.4. The molecule has 1 atom stereocenters. The molecular weight excluding hydrogens is 343 g/mol. The normalized spacial score (nSPS) is 12.4. The summed E-state index contributed by atoms with van der Waals surface area (Å²) in [7, 11) is 0. The van der Waals surface area contributed by atoms with E-state index in [0.29, 0.717) is 17.0 Å². The van der Waals surface area contributed by atoms with Crippen LogP contribution in [-0.4, -0.2) is 0 Å². The van der Waals surface area contributed by atoms with Crippen molar-refractivity contribution in [2.75, 3.05) is 0 Å². The molecule has 2 aromatic rings. The largest absolute Gasteiger partial charge is 0.271 e. The van der Waals surface area contributed by atoms with E-state index in [0.717, 1.165) is 15.6 Å². The van der Waals surface area contributed by atoms with Crippen molar-refractivity contribution < 1.29 is 4.39 Å². The predicted octanol–water partition coefficient (Wildman–Crippen LogP) is 4.30. The second kappa shape index (κ2) is 6.68. The molecule has 0 heterocycles. The maximum Gasteiger partial charge on any atom is 0.127 e. The third-order valence-electron chi connectivity index (χ3n) is 3.17. The fraction of sp³-hybridized carbons (Fsp3) is 0.200. The molecule has 0 aliphatic heterocycles. The molecule has 0 aliphatic carbocycles. The summed E-state index contributed by atoms with van der Waals surface area (Å²) in [6, 6.07) is 10.5. The minimum atomic E-state index is -0.319. The minimum Gasteiger partial charge on any atom is -0.271 e. The highest BCUT2D eigenvalue weighted by molar-refractivity contribution is 9.10. The van der Waals surface area contributed by atoms with Crippen LogP contribution in [-0.2, 0) is 6.42 Å². The smallest absolute Gasteiger partial charge is 0.127 e. The van der Waals surface area contributed by atoms with E-state index < -0.39 is 0 Å². The van der Waals surface area contributed by atoms with Crippen LogP contribution in [0.15, 0.2) is 40.9 Å². The number of hydrazine groups is 1. The van der Waals surface area contributed by atoms with Gasteiger partial charge in [-0.25, -0.2) is 4.39 Å². The van der Waals surface area contributed by atoms with E-state index in [1.807, 2.05) is 25.1 Å². The number of hydrogen-bond donors (Lipinski definition) is 2.